The molecular weight excluding hydrogens is 419 g/mol. The third kappa shape index (κ3) is 3.58. The van der Waals surface area contributed by atoms with Crippen LogP contribution in [0.4, 0.5) is 0 Å². The smallest absolute Gasteiger partial charge is 0.125 e. The number of rotatable bonds is 3. The minimum atomic E-state index is -1.68. The minimum absolute atomic E-state index is 0.670. The van der Waals surface area contributed by atoms with E-state index in [0.717, 1.165) is 0 Å². The van der Waals surface area contributed by atoms with Gasteiger partial charge in [-0.2, -0.15) is 0 Å². The van der Waals surface area contributed by atoms with Gasteiger partial charge in [-0.25, -0.2) is 0 Å². The van der Waals surface area contributed by atoms with Crippen molar-refractivity contribution >= 4 is 30.7 Å². The van der Waals surface area contributed by atoms with E-state index in [1.807, 2.05) is 0 Å². The van der Waals surface area contributed by atoms with Gasteiger partial charge in [0, 0.05) is 9.13 Å². The summed E-state index contributed by atoms with van der Waals surface area (Å²) in [6, 6.07) is 11.1. The van der Waals surface area contributed by atoms with E-state index in [-0.39, 0.29) is 0 Å². The molecular formula is C22H29ISi. The molecule has 2 aliphatic carbocycles. The van der Waals surface area contributed by atoms with Gasteiger partial charge in [-0.05, 0) is 63.3 Å². The van der Waals surface area contributed by atoms with Gasteiger partial charge in [0.1, 0.15) is 8.07 Å². The molecule has 0 aromatic carbocycles. The van der Waals surface area contributed by atoms with Crippen LogP contribution in [0.25, 0.3) is 11.1 Å². The molecule has 0 aliphatic heterocycles. The van der Waals surface area contributed by atoms with E-state index in [1.54, 1.807) is 0 Å². The predicted molar refractivity (Wildman–Crippen MR) is 118 cm³/mol. The molecule has 0 unspecified atom stereocenters. The summed E-state index contributed by atoms with van der Waals surface area (Å²) < 4.78 is 1.30. The topological polar surface area (TPSA) is 0 Å². The Balaban J connectivity index is 2.60. The van der Waals surface area contributed by atoms with E-state index in [2.05, 4.69) is 113 Å². The maximum Gasteiger partial charge on any atom is 0.146 e. The average molecular weight is 448 g/mol. The standard InChI is InChI=1S/C22H29ISi/c1-15(2)24(16(3)4,17(5)6)13-12-19-14-22(23)21-11-9-18(7)8-10-20(19)21/h8-11,14-17H,1-7H3. The average Bonchev–Trinajstić information content (AvgIpc) is 2.64. The first-order valence-electron chi connectivity index (χ1n) is 8.92. The molecule has 0 aromatic heterocycles. The van der Waals surface area contributed by atoms with Crippen molar-refractivity contribution in [2.24, 2.45) is 0 Å². The molecule has 0 aromatic rings. The van der Waals surface area contributed by atoms with Crippen molar-refractivity contribution in [2.45, 2.75) is 65.1 Å². The molecule has 0 radical (unpaired) electrons. The van der Waals surface area contributed by atoms with Crippen molar-refractivity contribution in [3.8, 4) is 22.6 Å². The summed E-state index contributed by atoms with van der Waals surface area (Å²) in [6.07, 6.45) is 0. The van der Waals surface area contributed by atoms with Crippen LogP contribution in [0, 0.1) is 22.0 Å². The first-order valence-corrected chi connectivity index (χ1v) is 12.2. The molecule has 0 saturated heterocycles. The summed E-state index contributed by atoms with van der Waals surface area (Å²) in [7, 11) is -1.68. The maximum atomic E-state index is 3.86. The predicted octanol–water partition coefficient (Wildman–Crippen LogP) is 7.27. The Bertz CT molecular complexity index is 725. The number of fused-ring (bicyclic) bond motifs is 1. The molecule has 0 nitrogen and oxygen atoms in total. The third-order valence-corrected chi connectivity index (χ3v) is 12.6. The van der Waals surface area contributed by atoms with Crippen molar-refractivity contribution in [3.63, 3.8) is 0 Å². The van der Waals surface area contributed by atoms with Crippen LogP contribution in [0.2, 0.25) is 16.6 Å². The maximum absolute atomic E-state index is 3.86. The van der Waals surface area contributed by atoms with Crippen LogP contribution in [-0.2, 0) is 0 Å². The molecule has 0 bridgehead atoms. The van der Waals surface area contributed by atoms with Gasteiger partial charge in [0.25, 0.3) is 0 Å². The Morgan fingerprint density at radius 3 is 1.83 bits per heavy atom. The quantitative estimate of drug-likeness (QED) is 0.263. The largest absolute Gasteiger partial charge is 0.146 e. The van der Waals surface area contributed by atoms with Gasteiger partial charge < -0.3 is 0 Å². The number of hydrogen-bond acceptors (Lipinski definition) is 0. The van der Waals surface area contributed by atoms with E-state index in [4.69, 9.17) is 0 Å². The SMILES string of the molecule is Cc1ccc2c(I)cc(C#C[Si](C(C)C)(C(C)C)C(C)C)c-2cc1. The van der Waals surface area contributed by atoms with Gasteiger partial charge in [0.2, 0.25) is 0 Å². The number of halogens is 1. The third-order valence-electron chi connectivity index (χ3n) is 5.41. The van der Waals surface area contributed by atoms with Gasteiger partial charge >= 0.3 is 0 Å². The Kier molecular flexibility index (Phi) is 6.20. The first-order chi connectivity index (χ1) is 11.2. The highest BCUT2D eigenvalue weighted by atomic mass is 127. The summed E-state index contributed by atoms with van der Waals surface area (Å²) in [5.41, 5.74) is 11.0. The molecule has 0 N–H and O–H groups in total. The zero-order chi connectivity index (χ0) is 18.1. The molecule has 0 atom stereocenters. The van der Waals surface area contributed by atoms with E-state index in [0.29, 0.717) is 16.6 Å². The van der Waals surface area contributed by atoms with Crippen molar-refractivity contribution < 1.29 is 0 Å². The van der Waals surface area contributed by atoms with E-state index >= 15 is 0 Å². The van der Waals surface area contributed by atoms with Crippen LogP contribution in [0.15, 0.2) is 30.3 Å². The minimum Gasteiger partial charge on any atom is -0.125 e. The van der Waals surface area contributed by atoms with Gasteiger partial charge in [-0.15, -0.1) is 5.54 Å². The van der Waals surface area contributed by atoms with E-state index < -0.39 is 8.07 Å². The van der Waals surface area contributed by atoms with Crippen molar-refractivity contribution in [3.05, 3.63) is 45.0 Å². The molecule has 0 fully saturated rings. The van der Waals surface area contributed by atoms with Crippen LogP contribution in [-0.4, -0.2) is 8.07 Å². The Labute approximate surface area is 162 Å². The molecule has 0 heterocycles. The molecule has 24 heavy (non-hydrogen) atoms. The summed E-state index contributed by atoms with van der Waals surface area (Å²) in [6.45, 7) is 16.4. The van der Waals surface area contributed by atoms with Crippen LogP contribution in [0.3, 0.4) is 0 Å². The Morgan fingerprint density at radius 2 is 1.33 bits per heavy atom. The fourth-order valence-electron chi connectivity index (χ4n) is 4.10. The normalized spacial score (nSPS) is 12.1. The molecule has 128 valence electrons. The zero-order valence-electron chi connectivity index (χ0n) is 16.0. The summed E-state index contributed by atoms with van der Waals surface area (Å²) in [4.78, 5) is 0. The van der Waals surface area contributed by atoms with Crippen LogP contribution < -0.4 is 0 Å². The van der Waals surface area contributed by atoms with Gasteiger partial charge in [-0.3, -0.25) is 0 Å². The lowest BCUT2D eigenvalue weighted by molar-refractivity contribution is 0.838. The van der Waals surface area contributed by atoms with E-state index in [1.165, 1.54) is 25.8 Å². The highest BCUT2D eigenvalue weighted by molar-refractivity contribution is 14.1. The Morgan fingerprint density at radius 1 is 0.833 bits per heavy atom. The molecule has 2 rings (SSSR count). The second kappa shape index (κ2) is 7.62. The van der Waals surface area contributed by atoms with E-state index in [9.17, 15) is 0 Å². The Hall–Kier alpha value is -0.793. The fraction of sp³-hybridized carbons (Fsp3) is 0.455. The summed E-state index contributed by atoms with van der Waals surface area (Å²) >= 11 is 2.44. The lowest BCUT2D eigenvalue weighted by atomic mass is 10.1. The van der Waals surface area contributed by atoms with Gasteiger partial charge in [-0.1, -0.05) is 77.3 Å². The number of aryl methyl sites for hydroxylation is 1. The molecule has 0 amide bonds. The number of hydrogen-bond donors (Lipinski definition) is 0. The fourth-order valence-corrected chi connectivity index (χ4v) is 10.1. The van der Waals surface area contributed by atoms with Crippen molar-refractivity contribution in [1.29, 1.82) is 0 Å². The highest BCUT2D eigenvalue weighted by Gasteiger charge is 2.41. The van der Waals surface area contributed by atoms with Gasteiger partial charge in [0.15, 0.2) is 0 Å². The summed E-state index contributed by atoms with van der Waals surface area (Å²) in [5, 5.41) is 0. The lowest BCUT2D eigenvalue weighted by Gasteiger charge is -2.38. The highest BCUT2D eigenvalue weighted by Crippen LogP contribution is 2.41. The van der Waals surface area contributed by atoms with Crippen molar-refractivity contribution in [1.82, 2.24) is 0 Å². The van der Waals surface area contributed by atoms with Gasteiger partial charge in [0.05, 0.1) is 0 Å². The molecule has 2 heteroatoms. The molecule has 2 aliphatic rings. The van der Waals surface area contributed by atoms with Crippen LogP contribution in [0.5, 0.6) is 0 Å². The van der Waals surface area contributed by atoms with Crippen LogP contribution in [0.1, 0.15) is 52.7 Å². The lowest BCUT2D eigenvalue weighted by Crippen LogP contribution is -2.43. The first kappa shape index (κ1) is 19.5. The summed E-state index contributed by atoms with van der Waals surface area (Å²) in [5.74, 6) is 3.63. The second-order valence-corrected chi connectivity index (χ2v) is 14.5. The zero-order valence-corrected chi connectivity index (χ0v) is 19.2. The van der Waals surface area contributed by atoms with Crippen LogP contribution >= 0.6 is 22.6 Å². The monoisotopic (exact) mass is 448 g/mol. The molecule has 0 spiro atoms. The molecule has 0 saturated carbocycles. The second-order valence-electron chi connectivity index (χ2n) is 7.79. The van der Waals surface area contributed by atoms with Crippen molar-refractivity contribution in [2.75, 3.05) is 0 Å².